The summed E-state index contributed by atoms with van der Waals surface area (Å²) in [6, 6.07) is 2.60. The highest BCUT2D eigenvalue weighted by molar-refractivity contribution is 5.49. The van der Waals surface area contributed by atoms with E-state index in [4.69, 9.17) is 0 Å². The van der Waals surface area contributed by atoms with Gasteiger partial charge in [0.15, 0.2) is 0 Å². The van der Waals surface area contributed by atoms with Crippen LogP contribution in [0.1, 0.15) is 54.4 Å². The van der Waals surface area contributed by atoms with Gasteiger partial charge in [0.1, 0.15) is 5.75 Å². The Morgan fingerprint density at radius 3 is 2.84 bits per heavy atom. The number of phenols is 1. The minimum atomic E-state index is 0.533. The molecule has 1 saturated heterocycles. The van der Waals surface area contributed by atoms with Crippen molar-refractivity contribution in [2.75, 3.05) is 6.54 Å². The van der Waals surface area contributed by atoms with Gasteiger partial charge in [0, 0.05) is 6.04 Å². The molecular weight excluding hydrogens is 234 g/mol. The summed E-state index contributed by atoms with van der Waals surface area (Å²) in [7, 11) is 0. The second kappa shape index (κ2) is 5.54. The Kier molecular flexibility index (Phi) is 3.79. The first kappa shape index (κ1) is 13.0. The Labute approximate surface area is 116 Å². The number of phenolic OH excluding ortho intramolecular Hbond substituents is 1. The molecule has 2 nitrogen and oxygen atoms in total. The molecule has 0 bridgehead atoms. The van der Waals surface area contributed by atoms with Crippen LogP contribution in [0, 0.1) is 6.92 Å². The molecule has 0 saturated carbocycles. The Balaban J connectivity index is 1.87. The van der Waals surface area contributed by atoms with Gasteiger partial charge in [0.25, 0.3) is 0 Å². The molecule has 0 radical (unpaired) electrons. The van der Waals surface area contributed by atoms with Crippen LogP contribution in [0.15, 0.2) is 6.07 Å². The van der Waals surface area contributed by atoms with Gasteiger partial charge in [-0.2, -0.15) is 0 Å². The lowest BCUT2D eigenvalue weighted by molar-refractivity contribution is 0.390. The molecule has 0 amide bonds. The highest BCUT2D eigenvalue weighted by Gasteiger charge is 2.21. The zero-order chi connectivity index (χ0) is 13.2. The predicted octanol–water partition coefficient (Wildman–Crippen LogP) is 3.26. The molecule has 0 spiro atoms. The third-order valence-corrected chi connectivity index (χ3v) is 4.90. The molecule has 1 aliphatic carbocycles. The maximum Gasteiger partial charge on any atom is 0.119 e. The molecule has 3 rings (SSSR count). The molecule has 1 aliphatic heterocycles. The molecule has 0 aromatic heterocycles. The van der Waals surface area contributed by atoms with E-state index < -0.39 is 0 Å². The van der Waals surface area contributed by atoms with Crippen LogP contribution in [0.4, 0.5) is 0 Å². The summed E-state index contributed by atoms with van der Waals surface area (Å²) in [5.74, 6) is 0.533. The Morgan fingerprint density at radius 2 is 2.05 bits per heavy atom. The number of rotatable bonds is 2. The second-order valence-corrected chi connectivity index (χ2v) is 6.19. The zero-order valence-electron chi connectivity index (χ0n) is 12.0. The van der Waals surface area contributed by atoms with Crippen molar-refractivity contribution >= 4 is 0 Å². The summed E-state index contributed by atoms with van der Waals surface area (Å²) in [4.78, 5) is 0. The molecule has 1 aromatic rings. The average Bonchev–Trinajstić information content (AvgIpc) is 2.45. The van der Waals surface area contributed by atoms with Gasteiger partial charge >= 0.3 is 0 Å². The summed E-state index contributed by atoms with van der Waals surface area (Å²) in [6.07, 6.45) is 9.78. The maximum absolute atomic E-state index is 10.4. The minimum Gasteiger partial charge on any atom is -0.508 e. The fourth-order valence-electron chi connectivity index (χ4n) is 3.74. The number of aryl methyl sites for hydroxylation is 1. The minimum absolute atomic E-state index is 0.533. The van der Waals surface area contributed by atoms with Crippen molar-refractivity contribution < 1.29 is 5.11 Å². The molecular formula is C17H25NO. The van der Waals surface area contributed by atoms with Crippen LogP contribution in [-0.4, -0.2) is 17.7 Å². The molecule has 1 fully saturated rings. The van der Waals surface area contributed by atoms with Gasteiger partial charge in [-0.1, -0.05) is 6.42 Å². The van der Waals surface area contributed by atoms with Crippen LogP contribution in [0.5, 0.6) is 5.75 Å². The van der Waals surface area contributed by atoms with E-state index in [-0.39, 0.29) is 0 Å². The van der Waals surface area contributed by atoms with Crippen molar-refractivity contribution in [2.24, 2.45) is 0 Å². The number of hydrogen-bond donors (Lipinski definition) is 2. The third kappa shape index (κ3) is 2.64. The van der Waals surface area contributed by atoms with Crippen LogP contribution in [0.25, 0.3) is 0 Å². The number of fused-ring (bicyclic) bond motifs is 1. The number of hydrogen-bond acceptors (Lipinski definition) is 2. The monoisotopic (exact) mass is 259 g/mol. The van der Waals surface area contributed by atoms with E-state index in [1.165, 1.54) is 60.8 Å². The van der Waals surface area contributed by atoms with Gasteiger partial charge in [0.2, 0.25) is 0 Å². The van der Waals surface area contributed by atoms with Crippen molar-refractivity contribution in [3.63, 3.8) is 0 Å². The van der Waals surface area contributed by atoms with Crippen LogP contribution < -0.4 is 5.32 Å². The van der Waals surface area contributed by atoms with E-state index in [1.54, 1.807) is 0 Å². The lowest BCUT2D eigenvalue weighted by Gasteiger charge is -2.27. The Hall–Kier alpha value is -1.02. The van der Waals surface area contributed by atoms with Crippen molar-refractivity contribution in [1.82, 2.24) is 5.32 Å². The Morgan fingerprint density at radius 1 is 1.21 bits per heavy atom. The van der Waals surface area contributed by atoms with E-state index in [2.05, 4.69) is 12.2 Å². The van der Waals surface area contributed by atoms with Crippen LogP contribution in [0.2, 0.25) is 0 Å². The van der Waals surface area contributed by atoms with Gasteiger partial charge in [0.05, 0.1) is 0 Å². The molecule has 19 heavy (non-hydrogen) atoms. The highest BCUT2D eigenvalue weighted by atomic mass is 16.3. The van der Waals surface area contributed by atoms with Crippen molar-refractivity contribution in [1.29, 1.82) is 0 Å². The van der Waals surface area contributed by atoms with E-state index in [0.29, 0.717) is 11.8 Å². The van der Waals surface area contributed by atoms with E-state index >= 15 is 0 Å². The van der Waals surface area contributed by atoms with E-state index in [9.17, 15) is 5.11 Å². The molecule has 2 aliphatic rings. The topological polar surface area (TPSA) is 32.3 Å². The molecule has 104 valence electrons. The first-order chi connectivity index (χ1) is 9.25. The van der Waals surface area contributed by atoms with Gasteiger partial charge in [-0.25, -0.2) is 0 Å². The number of piperidine rings is 1. The maximum atomic E-state index is 10.4. The van der Waals surface area contributed by atoms with Crippen molar-refractivity contribution in [3.8, 4) is 5.75 Å². The fraction of sp³-hybridized carbons (Fsp3) is 0.647. The first-order valence-corrected chi connectivity index (χ1v) is 7.82. The molecule has 1 aromatic carbocycles. The quantitative estimate of drug-likeness (QED) is 0.854. The largest absolute Gasteiger partial charge is 0.508 e. The lowest BCUT2D eigenvalue weighted by Crippen LogP contribution is -2.35. The van der Waals surface area contributed by atoms with E-state index in [1.807, 2.05) is 6.07 Å². The zero-order valence-corrected chi connectivity index (χ0v) is 12.0. The SMILES string of the molecule is Cc1c(CC2CCCCN2)c(O)cc2c1CCCC2. The molecule has 1 atom stereocenters. The van der Waals surface area contributed by atoms with Gasteiger partial charge in [-0.3, -0.25) is 0 Å². The molecule has 2 N–H and O–H groups in total. The van der Waals surface area contributed by atoms with Crippen LogP contribution in [-0.2, 0) is 19.3 Å². The standard InChI is InChI=1S/C17H25NO/c1-12-15-8-3-2-6-13(15)10-17(19)16(12)11-14-7-4-5-9-18-14/h10,14,18-19H,2-9,11H2,1H3. The van der Waals surface area contributed by atoms with Crippen molar-refractivity contribution in [3.05, 3.63) is 28.3 Å². The summed E-state index contributed by atoms with van der Waals surface area (Å²) >= 11 is 0. The lowest BCUT2D eigenvalue weighted by atomic mass is 9.84. The predicted molar refractivity (Wildman–Crippen MR) is 78.8 cm³/mol. The third-order valence-electron chi connectivity index (χ3n) is 4.90. The summed E-state index contributed by atoms with van der Waals surface area (Å²) < 4.78 is 0. The van der Waals surface area contributed by atoms with Gasteiger partial charge in [-0.05, 0) is 86.7 Å². The summed E-state index contributed by atoms with van der Waals surface area (Å²) in [5, 5.41) is 13.9. The van der Waals surface area contributed by atoms with Gasteiger partial charge < -0.3 is 10.4 Å². The normalized spacial score (nSPS) is 23.1. The summed E-state index contributed by atoms with van der Waals surface area (Å²) in [6.45, 7) is 3.34. The van der Waals surface area contributed by atoms with Crippen LogP contribution >= 0.6 is 0 Å². The number of benzene rings is 1. The van der Waals surface area contributed by atoms with Crippen LogP contribution in [0.3, 0.4) is 0 Å². The first-order valence-electron chi connectivity index (χ1n) is 7.82. The van der Waals surface area contributed by atoms with Gasteiger partial charge in [-0.15, -0.1) is 0 Å². The van der Waals surface area contributed by atoms with Crippen molar-refractivity contribution in [2.45, 2.75) is 64.3 Å². The number of nitrogens with one attached hydrogen (secondary N) is 1. The second-order valence-electron chi connectivity index (χ2n) is 6.19. The molecule has 2 heteroatoms. The molecule has 1 heterocycles. The fourth-order valence-corrected chi connectivity index (χ4v) is 3.74. The number of aromatic hydroxyl groups is 1. The highest BCUT2D eigenvalue weighted by Crippen LogP contribution is 2.33. The smallest absolute Gasteiger partial charge is 0.119 e. The van der Waals surface area contributed by atoms with E-state index in [0.717, 1.165) is 19.4 Å². The summed E-state index contributed by atoms with van der Waals surface area (Å²) in [5.41, 5.74) is 5.47. The average molecular weight is 259 g/mol. The molecule has 1 unspecified atom stereocenters. The Bertz CT molecular complexity index is 461.